The molecule has 8 heteroatoms. The first kappa shape index (κ1) is 26.8. The smallest absolute Gasteiger partial charge is 0.255 e. The molecule has 210 valence electrons. The van der Waals surface area contributed by atoms with Crippen LogP contribution in [0.25, 0.3) is 21.9 Å². The summed E-state index contributed by atoms with van der Waals surface area (Å²) in [6, 6.07) is 28.0. The molecule has 0 atom stereocenters. The summed E-state index contributed by atoms with van der Waals surface area (Å²) in [5.74, 6) is 0.645. The van der Waals surface area contributed by atoms with E-state index in [4.69, 9.17) is 4.74 Å². The van der Waals surface area contributed by atoms with Crippen molar-refractivity contribution in [3.63, 3.8) is 0 Å². The Morgan fingerprint density at radius 1 is 0.833 bits per heavy atom. The molecule has 1 fully saturated rings. The van der Waals surface area contributed by atoms with Gasteiger partial charge in [-0.25, -0.2) is 0 Å². The number of carbonyl (C=O) groups excluding carboxylic acids is 2. The van der Waals surface area contributed by atoms with Gasteiger partial charge in [-0.3, -0.25) is 14.6 Å². The van der Waals surface area contributed by atoms with Crippen LogP contribution in [0.3, 0.4) is 0 Å². The van der Waals surface area contributed by atoms with Crippen LogP contribution in [0.15, 0.2) is 103 Å². The van der Waals surface area contributed by atoms with Gasteiger partial charge >= 0.3 is 0 Å². The third-order valence-corrected chi connectivity index (χ3v) is 7.60. The van der Waals surface area contributed by atoms with Gasteiger partial charge < -0.3 is 25.0 Å². The minimum Gasteiger partial charge on any atom is -0.506 e. The van der Waals surface area contributed by atoms with Crippen molar-refractivity contribution >= 4 is 34.0 Å². The number of carbonyl (C=O) groups is 2. The van der Waals surface area contributed by atoms with Gasteiger partial charge in [-0.05, 0) is 77.0 Å². The lowest BCUT2D eigenvalue weighted by Gasteiger charge is -2.36. The lowest BCUT2D eigenvalue weighted by atomic mass is 9.95. The van der Waals surface area contributed by atoms with Crippen LogP contribution >= 0.6 is 0 Å². The van der Waals surface area contributed by atoms with E-state index in [0.717, 1.165) is 33.3 Å². The van der Waals surface area contributed by atoms with Crippen LogP contribution in [0.5, 0.6) is 11.5 Å². The first-order chi connectivity index (χ1) is 20.5. The van der Waals surface area contributed by atoms with E-state index in [1.807, 2.05) is 65.6 Å². The van der Waals surface area contributed by atoms with Gasteiger partial charge in [-0.1, -0.05) is 30.3 Å². The number of rotatable bonds is 6. The van der Waals surface area contributed by atoms with Crippen molar-refractivity contribution in [1.29, 1.82) is 0 Å². The van der Waals surface area contributed by atoms with Crippen molar-refractivity contribution in [2.24, 2.45) is 0 Å². The molecular formula is C34H30N4O4. The molecule has 1 saturated heterocycles. The van der Waals surface area contributed by atoms with Crippen molar-refractivity contribution in [3.05, 3.63) is 115 Å². The van der Waals surface area contributed by atoms with Crippen molar-refractivity contribution < 1.29 is 19.4 Å². The fourth-order valence-corrected chi connectivity index (χ4v) is 5.35. The number of hydrogen-bond donors (Lipinski definition) is 2. The Kier molecular flexibility index (Phi) is 7.43. The maximum atomic E-state index is 13.7. The molecule has 1 aliphatic heterocycles. The Labute approximate surface area is 243 Å². The molecule has 0 radical (unpaired) electrons. The average molecular weight is 559 g/mol. The van der Waals surface area contributed by atoms with Gasteiger partial charge in [0.2, 0.25) is 0 Å². The summed E-state index contributed by atoms with van der Waals surface area (Å²) < 4.78 is 5.16. The van der Waals surface area contributed by atoms with Crippen LogP contribution in [0, 0.1) is 0 Å². The number of benzene rings is 4. The highest BCUT2D eigenvalue weighted by molar-refractivity contribution is 6.11. The lowest BCUT2D eigenvalue weighted by Crippen LogP contribution is -2.48. The lowest BCUT2D eigenvalue weighted by molar-refractivity contribution is 0.0748. The summed E-state index contributed by atoms with van der Waals surface area (Å²) in [6.45, 7) is 2.55. The average Bonchev–Trinajstić information content (AvgIpc) is 3.04. The minimum atomic E-state index is -0.180. The Hall–Kier alpha value is -5.37. The SMILES string of the molecule is COc1ccc(NC(=O)c2ccc(N3CCN(C(=O)c4ccc(-c5cncc(O)c5)c5ccccc45)CC3)cc2)cc1. The molecule has 0 bridgehead atoms. The monoisotopic (exact) mass is 558 g/mol. The van der Waals surface area contributed by atoms with Crippen molar-refractivity contribution in [2.75, 3.05) is 43.5 Å². The Morgan fingerprint density at radius 2 is 1.55 bits per heavy atom. The highest BCUT2D eigenvalue weighted by Crippen LogP contribution is 2.32. The van der Waals surface area contributed by atoms with E-state index < -0.39 is 0 Å². The van der Waals surface area contributed by atoms with Gasteiger partial charge in [0.05, 0.1) is 13.3 Å². The van der Waals surface area contributed by atoms with Crippen LogP contribution in [-0.2, 0) is 0 Å². The summed E-state index contributed by atoms with van der Waals surface area (Å²) in [4.78, 5) is 34.6. The second kappa shape index (κ2) is 11.6. The molecule has 8 nitrogen and oxygen atoms in total. The zero-order valence-electron chi connectivity index (χ0n) is 23.2. The Morgan fingerprint density at radius 3 is 2.24 bits per heavy atom. The fraction of sp³-hybridized carbons (Fsp3) is 0.147. The number of pyridine rings is 1. The molecule has 0 spiro atoms. The van der Waals surface area contributed by atoms with Gasteiger partial charge in [0, 0.05) is 60.4 Å². The summed E-state index contributed by atoms with van der Waals surface area (Å²) in [5.41, 5.74) is 4.64. The number of piperazine rings is 1. The highest BCUT2D eigenvalue weighted by atomic mass is 16.5. The summed E-state index contributed by atoms with van der Waals surface area (Å²) in [6.07, 6.45) is 3.11. The van der Waals surface area contributed by atoms with Gasteiger partial charge in [-0.2, -0.15) is 0 Å². The van der Waals surface area contributed by atoms with Crippen LogP contribution in [0.4, 0.5) is 11.4 Å². The number of hydrogen-bond acceptors (Lipinski definition) is 6. The number of amides is 2. The normalized spacial score (nSPS) is 13.2. The first-order valence-corrected chi connectivity index (χ1v) is 13.8. The van der Waals surface area contributed by atoms with Gasteiger partial charge in [0.15, 0.2) is 0 Å². The highest BCUT2D eigenvalue weighted by Gasteiger charge is 2.24. The second-order valence-corrected chi connectivity index (χ2v) is 10.1. The minimum absolute atomic E-state index is 0.00279. The zero-order valence-corrected chi connectivity index (χ0v) is 23.2. The van der Waals surface area contributed by atoms with Crippen molar-refractivity contribution in [2.45, 2.75) is 0 Å². The molecule has 0 unspecified atom stereocenters. The quantitative estimate of drug-likeness (QED) is 0.272. The van der Waals surface area contributed by atoms with E-state index in [-0.39, 0.29) is 17.6 Å². The van der Waals surface area contributed by atoms with E-state index in [1.54, 1.807) is 43.6 Å². The van der Waals surface area contributed by atoms with Crippen LogP contribution in [0.2, 0.25) is 0 Å². The Balaban J connectivity index is 1.12. The first-order valence-electron chi connectivity index (χ1n) is 13.8. The molecule has 4 aromatic carbocycles. The third kappa shape index (κ3) is 5.47. The predicted octanol–water partition coefficient (Wildman–Crippen LogP) is 5.83. The van der Waals surface area contributed by atoms with Crippen molar-refractivity contribution in [1.82, 2.24) is 9.88 Å². The molecule has 2 amide bonds. The summed E-state index contributed by atoms with van der Waals surface area (Å²) in [5, 5.41) is 14.6. The summed E-state index contributed by atoms with van der Waals surface area (Å²) in [7, 11) is 1.60. The maximum Gasteiger partial charge on any atom is 0.255 e. The largest absolute Gasteiger partial charge is 0.506 e. The zero-order chi connectivity index (χ0) is 29.1. The molecule has 2 N–H and O–H groups in total. The number of aromatic nitrogens is 1. The topological polar surface area (TPSA) is 95.0 Å². The second-order valence-electron chi connectivity index (χ2n) is 10.1. The molecule has 42 heavy (non-hydrogen) atoms. The molecule has 0 aliphatic carbocycles. The maximum absolute atomic E-state index is 13.7. The van der Waals surface area contributed by atoms with Crippen LogP contribution in [-0.4, -0.2) is 60.1 Å². The molecular weight excluding hydrogens is 528 g/mol. The van der Waals surface area contributed by atoms with Gasteiger partial charge in [-0.15, -0.1) is 0 Å². The number of aromatic hydroxyl groups is 1. The number of nitrogens with zero attached hydrogens (tertiary/aromatic N) is 3. The summed E-state index contributed by atoms with van der Waals surface area (Å²) >= 11 is 0. The molecule has 1 aliphatic rings. The van der Waals surface area contributed by atoms with Crippen LogP contribution < -0.4 is 15.0 Å². The van der Waals surface area contributed by atoms with E-state index in [0.29, 0.717) is 43.0 Å². The number of anilines is 2. The van der Waals surface area contributed by atoms with E-state index in [9.17, 15) is 14.7 Å². The number of fused-ring (bicyclic) bond motifs is 1. The van der Waals surface area contributed by atoms with E-state index in [2.05, 4.69) is 15.2 Å². The molecule has 2 heterocycles. The molecule has 0 saturated carbocycles. The Bertz CT molecular complexity index is 1740. The molecule has 1 aromatic heterocycles. The standard InChI is InChI=1S/C34H30N4O4/c1-42-28-12-8-25(9-13-28)36-33(40)23-6-10-26(11-7-23)37-16-18-38(19-17-37)34(41)32-15-14-29(24-20-27(39)22-35-21-24)30-4-2-3-5-31(30)32/h2-15,20-22,39H,16-19H2,1H3,(H,36,40). The van der Waals surface area contributed by atoms with E-state index >= 15 is 0 Å². The third-order valence-electron chi connectivity index (χ3n) is 7.60. The number of methoxy groups -OCH3 is 1. The van der Waals surface area contributed by atoms with Gasteiger partial charge in [0.25, 0.3) is 11.8 Å². The van der Waals surface area contributed by atoms with Crippen molar-refractivity contribution in [3.8, 4) is 22.6 Å². The number of nitrogens with one attached hydrogen (secondary N) is 1. The molecule has 5 aromatic rings. The van der Waals surface area contributed by atoms with E-state index in [1.165, 1.54) is 6.20 Å². The predicted molar refractivity (Wildman–Crippen MR) is 164 cm³/mol. The van der Waals surface area contributed by atoms with Gasteiger partial charge in [0.1, 0.15) is 11.5 Å². The fourth-order valence-electron chi connectivity index (χ4n) is 5.35. The van der Waals surface area contributed by atoms with Crippen LogP contribution in [0.1, 0.15) is 20.7 Å². The molecule has 6 rings (SSSR count). The number of ether oxygens (including phenoxy) is 1.